The lowest BCUT2D eigenvalue weighted by atomic mass is 9.57. The van der Waals surface area contributed by atoms with Gasteiger partial charge in [0.25, 0.3) is 0 Å². The van der Waals surface area contributed by atoms with Gasteiger partial charge in [-0.2, -0.15) is 0 Å². The molecular weight excluding hydrogens is 228 g/mol. The van der Waals surface area contributed by atoms with Crippen molar-refractivity contribution in [2.45, 2.75) is 51.7 Å². The van der Waals surface area contributed by atoms with Gasteiger partial charge in [0.1, 0.15) is 0 Å². The number of hydrogen-bond acceptors (Lipinski definition) is 3. The summed E-state index contributed by atoms with van der Waals surface area (Å²) < 4.78 is 0. The van der Waals surface area contributed by atoms with E-state index in [1.54, 1.807) is 6.92 Å². The van der Waals surface area contributed by atoms with Crippen LogP contribution in [-0.2, 0) is 0 Å². The topological polar surface area (TPSA) is 60.7 Å². The summed E-state index contributed by atoms with van der Waals surface area (Å²) in [5, 5.41) is 30.1. The Morgan fingerprint density at radius 3 is 2.67 bits per heavy atom. The summed E-state index contributed by atoms with van der Waals surface area (Å²) in [4.78, 5) is 0. The summed E-state index contributed by atoms with van der Waals surface area (Å²) in [5.74, 6) is 1.29. The Hall–Kier alpha value is -0.380. The zero-order valence-electron chi connectivity index (χ0n) is 11.6. The van der Waals surface area contributed by atoms with Gasteiger partial charge in [0.05, 0.1) is 18.3 Å². The highest BCUT2D eigenvalue weighted by Gasteiger charge is 2.51. The molecule has 2 aliphatic rings. The van der Waals surface area contributed by atoms with Crippen LogP contribution >= 0.6 is 0 Å². The Morgan fingerprint density at radius 2 is 2.11 bits per heavy atom. The van der Waals surface area contributed by atoms with Crippen molar-refractivity contribution in [3.8, 4) is 0 Å². The van der Waals surface area contributed by atoms with Gasteiger partial charge in [-0.3, -0.25) is 0 Å². The largest absolute Gasteiger partial charge is 0.392 e. The molecule has 2 rings (SSSR count). The smallest absolute Gasteiger partial charge is 0.0911 e. The quantitative estimate of drug-likeness (QED) is 0.658. The molecule has 0 heterocycles. The van der Waals surface area contributed by atoms with Crippen LogP contribution in [0.3, 0.4) is 0 Å². The fraction of sp³-hybridized carbons (Fsp3) is 0.867. The van der Waals surface area contributed by atoms with Crippen LogP contribution in [0.5, 0.6) is 0 Å². The fourth-order valence-electron chi connectivity index (χ4n) is 3.86. The first-order valence-corrected chi connectivity index (χ1v) is 7.08. The van der Waals surface area contributed by atoms with Gasteiger partial charge in [0.15, 0.2) is 0 Å². The van der Waals surface area contributed by atoms with E-state index in [1.807, 2.05) is 0 Å². The monoisotopic (exact) mass is 254 g/mol. The number of hydrogen-bond donors (Lipinski definition) is 3. The molecule has 3 heteroatoms. The summed E-state index contributed by atoms with van der Waals surface area (Å²) in [6.45, 7) is 6.24. The maximum Gasteiger partial charge on any atom is 0.0911 e. The second-order valence-corrected chi connectivity index (χ2v) is 6.59. The maximum atomic E-state index is 10.6. The predicted octanol–water partition coefficient (Wildman–Crippen LogP) is 1.72. The van der Waals surface area contributed by atoms with Crippen molar-refractivity contribution < 1.29 is 15.3 Å². The molecule has 104 valence electrons. The molecule has 18 heavy (non-hydrogen) atoms. The maximum absolute atomic E-state index is 10.6. The van der Waals surface area contributed by atoms with Gasteiger partial charge in [-0.05, 0) is 55.4 Å². The third-order valence-electron chi connectivity index (χ3n) is 5.14. The van der Waals surface area contributed by atoms with E-state index in [1.165, 1.54) is 0 Å². The van der Waals surface area contributed by atoms with Gasteiger partial charge in [-0.15, -0.1) is 0 Å². The highest BCUT2D eigenvalue weighted by molar-refractivity contribution is 5.17. The van der Waals surface area contributed by atoms with Gasteiger partial charge in [0, 0.05) is 0 Å². The first kappa shape index (κ1) is 14.0. The summed E-state index contributed by atoms with van der Waals surface area (Å²) >= 11 is 0. The molecule has 1 saturated carbocycles. The Balaban J connectivity index is 2.33. The van der Waals surface area contributed by atoms with Crippen molar-refractivity contribution in [1.29, 1.82) is 0 Å². The molecule has 0 radical (unpaired) electrons. The number of rotatable bonds is 2. The average Bonchev–Trinajstić information content (AvgIpc) is 2.33. The third kappa shape index (κ3) is 2.24. The van der Waals surface area contributed by atoms with Crippen molar-refractivity contribution in [3.63, 3.8) is 0 Å². The second-order valence-electron chi connectivity index (χ2n) is 6.59. The van der Waals surface area contributed by atoms with E-state index in [4.69, 9.17) is 0 Å². The average molecular weight is 254 g/mol. The van der Waals surface area contributed by atoms with Crippen molar-refractivity contribution in [3.05, 3.63) is 11.6 Å². The van der Waals surface area contributed by atoms with Crippen molar-refractivity contribution >= 4 is 0 Å². The van der Waals surface area contributed by atoms with Crippen molar-refractivity contribution in [2.75, 3.05) is 6.61 Å². The molecule has 0 amide bonds. The lowest BCUT2D eigenvalue weighted by molar-refractivity contribution is -0.160. The van der Waals surface area contributed by atoms with E-state index >= 15 is 0 Å². The SMILES string of the molecule is CC(C)[C@@H]1C[C@H](O)[C@@](C)(O)[C@H]2CCC(CO)=C[C@@H]12. The molecule has 0 saturated heterocycles. The summed E-state index contributed by atoms with van der Waals surface area (Å²) in [6.07, 6.45) is 3.89. The number of aliphatic hydroxyl groups excluding tert-OH is 2. The summed E-state index contributed by atoms with van der Waals surface area (Å²) in [6, 6.07) is 0. The van der Waals surface area contributed by atoms with Crippen molar-refractivity contribution in [2.24, 2.45) is 23.7 Å². The minimum atomic E-state index is -0.993. The summed E-state index contributed by atoms with van der Waals surface area (Å²) in [7, 11) is 0. The molecule has 5 atom stereocenters. The molecule has 3 nitrogen and oxygen atoms in total. The van der Waals surface area contributed by atoms with Crippen LogP contribution in [0.25, 0.3) is 0 Å². The summed E-state index contributed by atoms with van der Waals surface area (Å²) in [5.41, 5.74) is 0.0992. The Bertz CT molecular complexity index is 333. The third-order valence-corrected chi connectivity index (χ3v) is 5.14. The molecule has 0 aromatic carbocycles. The zero-order chi connectivity index (χ0) is 13.5. The van der Waals surface area contributed by atoms with Crippen LogP contribution in [0, 0.1) is 23.7 Å². The van der Waals surface area contributed by atoms with E-state index in [2.05, 4.69) is 19.9 Å². The van der Waals surface area contributed by atoms with Crippen molar-refractivity contribution in [1.82, 2.24) is 0 Å². The Labute approximate surface area is 110 Å². The normalized spacial score (nSPS) is 44.7. The number of aliphatic hydroxyl groups is 3. The molecule has 2 aliphatic carbocycles. The molecule has 0 bridgehead atoms. The lowest BCUT2D eigenvalue weighted by Gasteiger charge is -2.51. The Morgan fingerprint density at radius 1 is 1.44 bits per heavy atom. The molecule has 0 aliphatic heterocycles. The van der Waals surface area contributed by atoms with E-state index in [-0.39, 0.29) is 12.5 Å². The van der Waals surface area contributed by atoms with Crippen LogP contribution in [0.4, 0.5) is 0 Å². The van der Waals surface area contributed by atoms with Gasteiger partial charge in [0.2, 0.25) is 0 Å². The first-order chi connectivity index (χ1) is 8.37. The van der Waals surface area contributed by atoms with Crippen LogP contribution in [0.15, 0.2) is 11.6 Å². The van der Waals surface area contributed by atoms with Gasteiger partial charge < -0.3 is 15.3 Å². The number of fused-ring (bicyclic) bond motifs is 1. The second kappa shape index (κ2) is 4.95. The molecule has 0 aromatic rings. The molecule has 0 spiro atoms. The standard InChI is InChI=1S/C15H26O3/c1-9(2)11-7-14(17)15(3,18)13-5-4-10(8-16)6-12(11)13/h6,9,11-14,16-18H,4-5,7-8H2,1-3H3/t11-,12-,13-,14-,15-/m0/s1. The van der Waals surface area contributed by atoms with Crippen LogP contribution < -0.4 is 0 Å². The molecule has 0 unspecified atom stereocenters. The molecule has 1 fully saturated rings. The van der Waals surface area contributed by atoms with E-state index in [0.29, 0.717) is 24.2 Å². The minimum Gasteiger partial charge on any atom is -0.392 e. The lowest BCUT2D eigenvalue weighted by Crippen LogP contribution is -2.56. The van der Waals surface area contributed by atoms with Gasteiger partial charge >= 0.3 is 0 Å². The molecule has 0 aromatic heterocycles. The van der Waals surface area contributed by atoms with Crippen LogP contribution in [-0.4, -0.2) is 33.6 Å². The number of allylic oxidation sites excluding steroid dienone is 1. The molecular formula is C15H26O3. The van der Waals surface area contributed by atoms with Gasteiger partial charge in [-0.1, -0.05) is 19.9 Å². The van der Waals surface area contributed by atoms with E-state index in [9.17, 15) is 15.3 Å². The van der Waals surface area contributed by atoms with Crippen LogP contribution in [0.2, 0.25) is 0 Å². The Kier molecular flexibility index (Phi) is 3.86. The highest BCUT2D eigenvalue weighted by atomic mass is 16.3. The van der Waals surface area contributed by atoms with E-state index < -0.39 is 11.7 Å². The highest BCUT2D eigenvalue weighted by Crippen LogP contribution is 2.49. The minimum absolute atomic E-state index is 0.115. The fourth-order valence-corrected chi connectivity index (χ4v) is 3.86. The zero-order valence-corrected chi connectivity index (χ0v) is 11.6. The van der Waals surface area contributed by atoms with E-state index in [0.717, 1.165) is 18.4 Å². The van der Waals surface area contributed by atoms with Gasteiger partial charge in [-0.25, -0.2) is 0 Å². The molecule has 3 N–H and O–H groups in total. The predicted molar refractivity (Wildman–Crippen MR) is 71.0 cm³/mol. The van der Waals surface area contributed by atoms with Crippen LogP contribution in [0.1, 0.15) is 40.0 Å². The first-order valence-electron chi connectivity index (χ1n) is 7.08.